The molecule has 0 atom stereocenters. The molecule has 1 saturated heterocycles. The molecule has 0 bridgehead atoms. The van der Waals surface area contributed by atoms with Gasteiger partial charge in [-0.15, -0.1) is 0 Å². The van der Waals surface area contributed by atoms with E-state index in [1.165, 1.54) is 30.2 Å². The molecule has 1 fully saturated rings. The predicted molar refractivity (Wildman–Crippen MR) is 124 cm³/mol. The average Bonchev–Trinajstić information content (AvgIpc) is 3.04. The number of carbonyl (C=O) groups excluding carboxylic acids is 2. The number of thiocarbonyl (C=S) groups is 1. The summed E-state index contributed by atoms with van der Waals surface area (Å²) in [7, 11) is 1.49. The standard InChI is InChI=1S/C24H20FN3O3S/c1-14-11-16(15(2)27(14)18-8-6-7-17(25)13-18)12-19-22(29)26-24(32)28(23(19)30)20-9-4-5-10-21(20)31-3/h4-13H,1-3H3,(H,26,29,32)/b19-12+. The lowest BCUT2D eigenvalue weighted by Crippen LogP contribution is -2.54. The summed E-state index contributed by atoms with van der Waals surface area (Å²) in [4.78, 5) is 27.2. The SMILES string of the molecule is COc1ccccc1N1C(=O)/C(=C/c2cc(C)n(-c3cccc(F)c3)c2C)C(=O)NC1=S. The monoisotopic (exact) mass is 449 g/mol. The molecule has 32 heavy (non-hydrogen) atoms. The van der Waals surface area contributed by atoms with Crippen LogP contribution >= 0.6 is 12.2 Å². The normalized spacial score (nSPS) is 15.3. The minimum atomic E-state index is -0.582. The van der Waals surface area contributed by atoms with Gasteiger partial charge in [0.05, 0.1) is 12.8 Å². The highest BCUT2D eigenvalue weighted by molar-refractivity contribution is 7.80. The number of carbonyl (C=O) groups is 2. The van der Waals surface area contributed by atoms with Crippen molar-refractivity contribution in [2.45, 2.75) is 13.8 Å². The van der Waals surface area contributed by atoms with Crippen LogP contribution in [0.3, 0.4) is 0 Å². The summed E-state index contributed by atoms with van der Waals surface area (Å²) in [5.41, 5.74) is 3.28. The molecule has 2 heterocycles. The summed E-state index contributed by atoms with van der Waals surface area (Å²) in [6, 6.07) is 15.0. The molecule has 1 aliphatic heterocycles. The molecule has 3 aromatic rings. The number of nitrogens with one attached hydrogen (secondary N) is 1. The number of halogens is 1. The molecule has 0 spiro atoms. The van der Waals surface area contributed by atoms with Crippen molar-refractivity contribution in [3.8, 4) is 11.4 Å². The lowest BCUT2D eigenvalue weighted by Gasteiger charge is -2.29. The van der Waals surface area contributed by atoms with Gasteiger partial charge in [-0.05, 0) is 74.1 Å². The van der Waals surface area contributed by atoms with Gasteiger partial charge in [0.1, 0.15) is 17.1 Å². The Labute approximate surface area is 189 Å². The average molecular weight is 450 g/mol. The number of benzene rings is 2. The summed E-state index contributed by atoms with van der Waals surface area (Å²) in [6.45, 7) is 3.72. The Balaban J connectivity index is 1.79. The van der Waals surface area contributed by atoms with Gasteiger partial charge in [-0.25, -0.2) is 9.29 Å². The fourth-order valence-corrected chi connectivity index (χ4v) is 4.07. The minimum absolute atomic E-state index is 0.0214. The van der Waals surface area contributed by atoms with Gasteiger partial charge in [0.2, 0.25) is 0 Å². The molecule has 1 aromatic heterocycles. The third-order valence-electron chi connectivity index (χ3n) is 5.26. The molecule has 1 aliphatic rings. The Morgan fingerprint density at radius 1 is 1.06 bits per heavy atom. The Kier molecular flexibility index (Phi) is 5.63. The van der Waals surface area contributed by atoms with Gasteiger partial charge in [0.15, 0.2) is 5.11 Å². The van der Waals surface area contributed by atoms with Crippen LogP contribution in [0, 0.1) is 19.7 Å². The van der Waals surface area contributed by atoms with E-state index in [4.69, 9.17) is 17.0 Å². The maximum atomic E-state index is 13.8. The summed E-state index contributed by atoms with van der Waals surface area (Å²) >= 11 is 5.27. The number of para-hydroxylation sites is 2. The number of anilines is 1. The van der Waals surface area contributed by atoms with Crippen molar-refractivity contribution >= 4 is 40.9 Å². The molecule has 0 radical (unpaired) electrons. The highest BCUT2D eigenvalue weighted by Crippen LogP contribution is 2.31. The summed E-state index contributed by atoms with van der Waals surface area (Å²) < 4.78 is 21.0. The van der Waals surface area contributed by atoms with Crippen molar-refractivity contribution in [3.05, 3.63) is 82.9 Å². The molecular formula is C24H20FN3O3S. The number of methoxy groups -OCH3 is 1. The third kappa shape index (κ3) is 3.69. The van der Waals surface area contributed by atoms with Crippen LogP contribution in [0.1, 0.15) is 17.0 Å². The van der Waals surface area contributed by atoms with Crippen molar-refractivity contribution in [1.82, 2.24) is 9.88 Å². The van der Waals surface area contributed by atoms with E-state index in [1.54, 1.807) is 36.4 Å². The molecule has 8 heteroatoms. The zero-order chi connectivity index (χ0) is 23.0. The van der Waals surface area contributed by atoms with Gasteiger partial charge in [-0.2, -0.15) is 0 Å². The van der Waals surface area contributed by atoms with Crippen LogP contribution in [0.2, 0.25) is 0 Å². The van der Waals surface area contributed by atoms with E-state index < -0.39 is 11.8 Å². The van der Waals surface area contributed by atoms with E-state index in [1.807, 2.05) is 24.5 Å². The number of hydrogen-bond donors (Lipinski definition) is 1. The van der Waals surface area contributed by atoms with Gasteiger partial charge in [0.25, 0.3) is 11.8 Å². The van der Waals surface area contributed by atoms with E-state index in [0.29, 0.717) is 22.7 Å². The highest BCUT2D eigenvalue weighted by atomic mass is 32.1. The van der Waals surface area contributed by atoms with Crippen molar-refractivity contribution in [2.75, 3.05) is 12.0 Å². The van der Waals surface area contributed by atoms with E-state index in [2.05, 4.69) is 5.32 Å². The Morgan fingerprint density at radius 3 is 2.53 bits per heavy atom. The lowest BCUT2D eigenvalue weighted by atomic mass is 10.1. The first-order chi connectivity index (χ1) is 15.3. The number of hydrogen-bond acceptors (Lipinski definition) is 4. The summed E-state index contributed by atoms with van der Waals surface area (Å²) in [5, 5.41) is 2.56. The molecule has 0 saturated carbocycles. The van der Waals surface area contributed by atoms with Gasteiger partial charge in [0, 0.05) is 17.1 Å². The summed E-state index contributed by atoms with van der Waals surface area (Å²) in [6.07, 6.45) is 1.53. The first kappa shape index (κ1) is 21.5. The predicted octanol–water partition coefficient (Wildman–Crippen LogP) is 4.07. The molecule has 1 N–H and O–H groups in total. The maximum Gasteiger partial charge on any atom is 0.270 e. The molecular weight excluding hydrogens is 429 g/mol. The van der Waals surface area contributed by atoms with E-state index >= 15 is 0 Å². The van der Waals surface area contributed by atoms with Crippen molar-refractivity contribution < 1.29 is 18.7 Å². The van der Waals surface area contributed by atoms with Crippen molar-refractivity contribution in [2.24, 2.45) is 0 Å². The van der Waals surface area contributed by atoms with Crippen molar-refractivity contribution in [1.29, 1.82) is 0 Å². The first-order valence-corrected chi connectivity index (χ1v) is 10.2. The second kappa shape index (κ2) is 8.39. The second-order valence-electron chi connectivity index (χ2n) is 7.27. The number of amides is 2. The van der Waals surface area contributed by atoms with E-state index in [9.17, 15) is 14.0 Å². The van der Waals surface area contributed by atoms with Crippen LogP contribution in [0.15, 0.2) is 60.2 Å². The Morgan fingerprint density at radius 2 is 1.81 bits per heavy atom. The van der Waals surface area contributed by atoms with Crippen molar-refractivity contribution in [3.63, 3.8) is 0 Å². The van der Waals surface area contributed by atoms with Crippen LogP contribution in [-0.4, -0.2) is 28.6 Å². The maximum absolute atomic E-state index is 13.8. The summed E-state index contributed by atoms with van der Waals surface area (Å²) in [5.74, 6) is -1.04. The fourth-order valence-electron chi connectivity index (χ4n) is 3.79. The van der Waals surface area contributed by atoms with Crippen LogP contribution < -0.4 is 15.0 Å². The number of aryl methyl sites for hydroxylation is 1. The lowest BCUT2D eigenvalue weighted by molar-refractivity contribution is -0.122. The Bertz CT molecular complexity index is 1300. The number of aromatic nitrogens is 1. The zero-order valence-electron chi connectivity index (χ0n) is 17.7. The number of ether oxygens (including phenoxy) is 1. The van der Waals surface area contributed by atoms with Crippen LogP contribution in [-0.2, 0) is 9.59 Å². The molecule has 4 rings (SSSR count). The van der Waals surface area contributed by atoms with Crippen LogP contribution in [0.25, 0.3) is 11.8 Å². The fraction of sp³-hybridized carbons (Fsp3) is 0.125. The molecule has 0 unspecified atom stereocenters. The smallest absolute Gasteiger partial charge is 0.270 e. The molecule has 0 aliphatic carbocycles. The van der Waals surface area contributed by atoms with Gasteiger partial charge in [-0.3, -0.25) is 14.9 Å². The molecule has 2 amide bonds. The first-order valence-electron chi connectivity index (χ1n) is 9.81. The number of rotatable bonds is 4. The van der Waals surface area contributed by atoms with Crippen LogP contribution in [0.4, 0.5) is 10.1 Å². The van der Waals surface area contributed by atoms with Gasteiger partial charge < -0.3 is 9.30 Å². The largest absolute Gasteiger partial charge is 0.495 e. The van der Waals surface area contributed by atoms with E-state index in [0.717, 1.165) is 11.4 Å². The molecule has 2 aromatic carbocycles. The second-order valence-corrected chi connectivity index (χ2v) is 7.66. The van der Waals surface area contributed by atoms with Gasteiger partial charge >= 0.3 is 0 Å². The quantitative estimate of drug-likeness (QED) is 0.371. The topological polar surface area (TPSA) is 63.6 Å². The number of nitrogens with zero attached hydrogens (tertiary/aromatic N) is 2. The van der Waals surface area contributed by atoms with E-state index in [-0.39, 0.29) is 16.5 Å². The molecule has 6 nitrogen and oxygen atoms in total. The highest BCUT2D eigenvalue weighted by Gasteiger charge is 2.36. The Hall–Kier alpha value is -3.78. The third-order valence-corrected chi connectivity index (χ3v) is 5.55. The van der Waals surface area contributed by atoms with Gasteiger partial charge in [-0.1, -0.05) is 18.2 Å². The minimum Gasteiger partial charge on any atom is -0.495 e. The zero-order valence-corrected chi connectivity index (χ0v) is 18.5. The molecule has 162 valence electrons. The van der Waals surface area contributed by atoms with Crippen LogP contribution in [0.5, 0.6) is 5.75 Å².